The quantitative estimate of drug-likeness (QED) is 0.611. The van der Waals surface area contributed by atoms with Gasteiger partial charge in [-0.05, 0) is 31.1 Å². The van der Waals surface area contributed by atoms with Crippen molar-refractivity contribution in [1.29, 1.82) is 0 Å². The first kappa shape index (κ1) is 8.52. The molecule has 0 radical (unpaired) electrons. The summed E-state index contributed by atoms with van der Waals surface area (Å²) in [4.78, 5) is 5.06. The van der Waals surface area contributed by atoms with Crippen LogP contribution < -0.4 is 5.90 Å². The van der Waals surface area contributed by atoms with Crippen LogP contribution in [0.5, 0.6) is 0 Å². The zero-order chi connectivity index (χ0) is 8.39. The van der Waals surface area contributed by atoms with Crippen LogP contribution in [-0.4, -0.2) is 6.10 Å². The summed E-state index contributed by atoms with van der Waals surface area (Å²) in [6.45, 7) is 0. The normalized spacial score (nSPS) is 42.2. The first-order chi connectivity index (χ1) is 5.92. The summed E-state index contributed by atoms with van der Waals surface area (Å²) in [7, 11) is 0. The highest BCUT2D eigenvalue weighted by atomic mass is 16.6. The van der Waals surface area contributed by atoms with E-state index in [9.17, 15) is 0 Å². The highest BCUT2D eigenvalue weighted by Gasteiger charge is 2.35. The second kappa shape index (κ2) is 3.75. The topological polar surface area (TPSA) is 35.2 Å². The molecular formula is C10H19NO. The Bertz CT molecular complexity index is 140. The van der Waals surface area contributed by atoms with Crippen LogP contribution in [0.4, 0.5) is 0 Å². The SMILES string of the molecule is NOC1CCCC2CCCCC21. The van der Waals surface area contributed by atoms with Crippen LogP contribution in [0.25, 0.3) is 0 Å². The van der Waals surface area contributed by atoms with Crippen molar-refractivity contribution in [3.8, 4) is 0 Å². The molecule has 2 rings (SSSR count). The molecule has 0 aromatic heterocycles. The van der Waals surface area contributed by atoms with E-state index in [0.29, 0.717) is 6.10 Å². The summed E-state index contributed by atoms with van der Waals surface area (Å²) in [5, 5.41) is 0. The third kappa shape index (κ3) is 1.50. The molecule has 0 aliphatic heterocycles. The van der Waals surface area contributed by atoms with E-state index in [2.05, 4.69) is 0 Å². The zero-order valence-electron chi connectivity index (χ0n) is 7.67. The maximum atomic E-state index is 5.31. The van der Waals surface area contributed by atoms with Crippen molar-refractivity contribution < 1.29 is 4.84 Å². The van der Waals surface area contributed by atoms with E-state index < -0.39 is 0 Å². The summed E-state index contributed by atoms with van der Waals surface area (Å²) in [6.07, 6.45) is 9.91. The van der Waals surface area contributed by atoms with Crippen LogP contribution in [-0.2, 0) is 4.84 Å². The molecule has 0 amide bonds. The van der Waals surface area contributed by atoms with E-state index in [1.807, 2.05) is 0 Å². The second-order valence-electron chi connectivity index (χ2n) is 4.31. The molecular weight excluding hydrogens is 150 g/mol. The number of nitrogens with two attached hydrogens (primary N) is 1. The lowest BCUT2D eigenvalue weighted by molar-refractivity contribution is -0.0484. The van der Waals surface area contributed by atoms with E-state index >= 15 is 0 Å². The summed E-state index contributed by atoms with van der Waals surface area (Å²) < 4.78 is 0. The lowest BCUT2D eigenvalue weighted by atomic mass is 9.69. The van der Waals surface area contributed by atoms with Gasteiger partial charge in [-0.15, -0.1) is 0 Å². The Morgan fingerprint density at radius 2 is 1.67 bits per heavy atom. The molecule has 2 N–H and O–H groups in total. The third-order valence-electron chi connectivity index (χ3n) is 3.68. The molecule has 0 aromatic rings. The molecule has 2 heteroatoms. The zero-order valence-corrected chi connectivity index (χ0v) is 7.67. The van der Waals surface area contributed by atoms with Crippen LogP contribution in [0.15, 0.2) is 0 Å². The highest BCUT2D eigenvalue weighted by Crippen LogP contribution is 2.41. The summed E-state index contributed by atoms with van der Waals surface area (Å²) in [5.41, 5.74) is 0. The molecule has 2 nitrogen and oxygen atoms in total. The van der Waals surface area contributed by atoms with Gasteiger partial charge in [0.05, 0.1) is 6.10 Å². The van der Waals surface area contributed by atoms with Gasteiger partial charge in [0.1, 0.15) is 0 Å². The van der Waals surface area contributed by atoms with Crippen LogP contribution >= 0.6 is 0 Å². The van der Waals surface area contributed by atoms with Gasteiger partial charge in [-0.25, -0.2) is 5.90 Å². The fourth-order valence-electron chi connectivity index (χ4n) is 3.05. The molecule has 2 fully saturated rings. The fraction of sp³-hybridized carbons (Fsp3) is 1.00. The largest absolute Gasteiger partial charge is 0.301 e. The van der Waals surface area contributed by atoms with Crippen molar-refractivity contribution in [2.75, 3.05) is 0 Å². The molecule has 0 saturated heterocycles. The van der Waals surface area contributed by atoms with E-state index in [-0.39, 0.29) is 0 Å². The fourth-order valence-corrected chi connectivity index (χ4v) is 3.05. The molecule has 70 valence electrons. The number of rotatable bonds is 1. The Kier molecular flexibility index (Phi) is 2.66. The van der Waals surface area contributed by atoms with Crippen LogP contribution in [0.1, 0.15) is 44.9 Å². The number of hydrogen-bond donors (Lipinski definition) is 1. The standard InChI is InChI=1S/C10H19NO/c11-12-10-7-3-5-8-4-1-2-6-9(8)10/h8-10H,1-7,11H2. The molecule has 0 spiro atoms. The lowest BCUT2D eigenvalue weighted by Gasteiger charge is -2.39. The van der Waals surface area contributed by atoms with E-state index in [4.69, 9.17) is 10.7 Å². The van der Waals surface area contributed by atoms with Crippen LogP contribution in [0.2, 0.25) is 0 Å². The second-order valence-corrected chi connectivity index (χ2v) is 4.31. The summed E-state index contributed by atoms with van der Waals surface area (Å²) >= 11 is 0. The Balaban J connectivity index is 1.99. The van der Waals surface area contributed by atoms with Crippen LogP contribution in [0, 0.1) is 11.8 Å². The van der Waals surface area contributed by atoms with Gasteiger partial charge in [0.25, 0.3) is 0 Å². The van der Waals surface area contributed by atoms with Crippen molar-refractivity contribution in [2.24, 2.45) is 17.7 Å². The molecule has 3 atom stereocenters. The minimum Gasteiger partial charge on any atom is -0.301 e. The molecule has 3 unspecified atom stereocenters. The van der Waals surface area contributed by atoms with E-state index in [1.54, 1.807) is 0 Å². The maximum absolute atomic E-state index is 5.31. The number of hydrogen-bond acceptors (Lipinski definition) is 2. The van der Waals surface area contributed by atoms with Crippen molar-refractivity contribution >= 4 is 0 Å². The molecule has 0 aromatic carbocycles. The molecule has 2 aliphatic rings. The average Bonchev–Trinajstić information content (AvgIpc) is 2.17. The highest BCUT2D eigenvalue weighted by molar-refractivity contribution is 4.85. The van der Waals surface area contributed by atoms with Gasteiger partial charge in [0, 0.05) is 0 Å². The molecule has 0 heterocycles. The predicted molar refractivity (Wildman–Crippen MR) is 48.4 cm³/mol. The molecule has 2 saturated carbocycles. The maximum Gasteiger partial charge on any atom is 0.0818 e. The van der Waals surface area contributed by atoms with Gasteiger partial charge in [0.15, 0.2) is 0 Å². The third-order valence-corrected chi connectivity index (χ3v) is 3.68. The first-order valence-corrected chi connectivity index (χ1v) is 5.27. The first-order valence-electron chi connectivity index (χ1n) is 5.27. The minimum absolute atomic E-state index is 0.379. The van der Waals surface area contributed by atoms with Crippen molar-refractivity contribution in [1.82, 2.24) is 0 Å². The average molecular weight is 169 g/mol. The molecule has 2 aliphatic carbocycles. The van der Waals surface area contributed by atoms with Gasteiger partial charge in [-0.2, -0.15) is 0 Å². The van der Waals surface area contributed by atoms with Gasteiger partial charge in [-0.3, -0.25) is 0 Å². The number of fused-ring (bicyclic) bond motifs is 1. The Hall–Kier alpha value is -0.0800. The van der Waals surface area contributed by atoms with Crippen molar-refractivity contribution in [2.45, 2.75) is 51.0 Å². The minimum atomic E-state index is 0.379. The van der Waals surface area contributed by atoms with Crippen molar-refractivity contribution in [3.05, 3.63) is 0 Å². The van der Waals surface area contributed by atoms with Crippen molar-refractivity contribution in [3.63, 3.8) is 0 Å². The predicted octanol–water partition coefficient (Wildman–Crippen LogP) is 2.24. The Morgan fingerprint density at radius 1 is 0.917 bits per heavy atom. The van der Waals surface area contributed by atoms with Gasteiger partial charge in [-0.1, -0.05) is 25.7 Å². The van der Waals surface area contributed by atoms with E-state index in [0.717, 1.165) is 11.8 Å². The monoisotopic (exact) mass is 169 g/mol. The summed E-state index contributed by atoms with van der Waals surface area (Å²) in [5.74, 6) is 7.03. The van der Waals surface area contributed by atoms with Gasteiger partial charge in [0.2, 0.25) is 0 Å². The molecule has 0 bridgehead atoms. The lowest BCUT2D eigenvalue weighted by Crippen LogP contribution is -2.37. The molecule has 12 heavy (non-hydrogen) atoms. The van der Waals surface area contributed by atoms with Gasteiger partial charge >= 0.3 is 0 Å². The smallest absolute Gasteiger partial charge is 0.0818 e. The summed E-state index contributed by atoms with van der Waals surface area (Å²) in [6, 6.07) is 0. The van der Waals surface area contributed by atoms with Gasteiger partial charge < -0.3 is 4.84 Å². The Morgan fingerprint density at radius 3 is 2.50 bits per heavy atom. The van der Waals surface area contributed by atoms with E-state index in [1.165, 1.54) is 44.9 Å². The van der Waals surface area contributed by atoms with Crippen LogP contribution in [0.3, 0.4) is 0 Å². The Labute approximate surface area is 74.4 Å².